The number of anilines is 1. The van der Waals surface area contributed by atoms with Crippen LogP contribution in [0, 0.1) is 6.92 Å². The van der Waals surface area contributed by atoms with Gasteiger partial charge in [0.2, 0.25) is 0 Å². The number of amides is 1. The molecule has 0 atom stereocenters. The van der Waals surface area contributed by atoms with E-state index in [2.05, 4.69) is 25.8 Å². The summed E-state index contributed by atoms with van der Waals surface area (Å²) in [5, 5.41) is 14.1. The number of aromatic nitrogens is 3. The quantitative estimate of drug-likeness (QED) is 0.725. The van der Waals surface area contributed by atoms with Crippen molar-refractivity contribution in [2.45, 2.75) is 20.0 Å². The number of benzene rings is 1. The second-order valence-corrected chi connectivity index (χ2v) is 5.62. The van der Waals surface area contributed by atoms with E-state index in [1.807, 2.05) is 43.3 Å². The lowest BCUT2D eigenvalue weighted by atomic mass is 10.1. The molecule has 126 valence electrons. The van der Waals surface area contributed by atoms with Crippen LogP contribution in [0.5, 0.6) is 0 Å². The van der Waals surface area contributed by atoms with Gasteiger partial charge in [-0.05, 0) is 47.9 Å². The van der Waals surface area contributed by atoms with Crippen molar-refractivity contribution < 1.29 is 4.79 Å². The fourth-order valence-corrected chi connectivity index (χ4v) is 2.32. The molecule has 25 heavy (non-hydrogen) atoms. The fourth-order valence-electron chi connectivity index (χ4n) is 2.32. The summed E-state index contributed by atoms with van der Waals surface area (Å²) in [5.74, 6) is 0.378. The summed E-state index contributed by atoms with van der Waals surface area (Å²) in [4.78, 5) is 16.2. The van der Waals surface area contributed by atoms with Crippen LogP contribution in [0.25, 0.3) is 0 Å². The predicted molar refractivity (Wildman–Crippen MR) is 95.9 cm³/mol. The minimum atomic E-state index is -0.239. The van der Waals surface area contributed by atoms with E-state index in [4.69, 9.17) is 0 Å². The smallest absolute Gasteiger partial charge is 0.272 e. The summed E-state index contributed by atoms with van der Waals surface area (Å²) < 4.78 is 0. The molecule has 0 bridgehead atoms. The number of nitrogens with one attached hydrogen (secondary N) is 2. The van der Waals surface area contributed by atoms with Crippen molar-refractivity contribution in [2.75, 3.05) is 5.32 Å². The van der Waals surface area contributed by atoms with Crippen LogP contribution in [0.3, 0.4) is 0 Å². The van der Waals surface area contributed by atoms with E-state index >= 15 is 0 Å². The van der Waals surface area contributed by atoms with Crippen molar-refractivity contribution in [1.82, 2.24) is 20.5 Å². The molecule has 3 rings (SSSR count). The molecule has 0 spiro atoms. The van der Waals surface area contributed by atoms with Gasteiger partial charge in [-0.1, -0.05) is 24.3 Å². The number of hydrogen-bond donors (Lipinski definition) is 2. The number of carbonyl (C=O) groups is 1. The Bertz CT molecular complexity index is 834. The topological polar surface area (TPSA) is 79.8 Å². The van der Waals surface area contributed by atoms with Gasteiger partial charge in [-0.15, -0.1) is 10.2 Å². The Morgan fingerprint density at radius 1 is 0.960 bits per heavy atom. The maximum absolute atomic E-state index is 12.2. The summed E-state index contributed by atoms with van der Waals surface area (Å²) in [6.07, 6.45) is 3.48. The molecule has 0 aliphatic rings. The van der Waals surface area contributed by atoms with Gasteiger partial charge in [-0.3, -0.25) is 9.78 Å². The van der Waals surface area contributed by atoms with Crippen LogP contribution >= 0.6 is 0 Å². The third-order valence-electron chi connectivity index (χ3n) is 3.82. The molecule has 0 radical (unpaired) electrons. The molecule has 0 saturated heterocycles. The number of nitrogens with zero attached hydrogens (tertiary/aromatic N) is 3. The van der Waals surface area contributed by atoms with Crippen molar-refractivity contribution in [3.8, 4) is 0 Å². The van der Waals surface area contributed by atoms with Gasteiger partial charge in [0.25, 0.3) is 5.91 Å². The van der Waals surface area contributed by atoms with Gasteiger partial charge in [0.15, 0.2) is 5.69 Å². The average molecular weight is 333 g/mol. The minimum absolute atomic E-state index is 0.239. The molecule has 1 aromatic carbocycles. The first kappa shape index (κ1) is 16.6. The standard InChI is InChI=1S/C19H19N5O/c1-14-4-2-3-5-16(14)13-22-19(25)17-6-7-18(24-23-17)21-12-15-8-10-20-11-9-15/h2-11H,12-13H2,1H3,(H,21,24)(H,22,25). The van der Waals surface area contributed by atoms with Gasteiger partial charge in [0.05, 0.1) is 0 Å². The molecular formula is C19H19N5O. The fraction of sp³-hybridized carbons (Fsp3) is 0.158. The highest BCUT2D eigenvalue weighted by Crippen LogP contribution is 2.08. The third-order valence-corrected chi connectivity index (χ3v) is 3.82. The molecule has 6 nitrogen and oxygen atoms in total. The highest BCUT2D eigenvalue weighted by molar-refractivity contribution is 5.92. The lowest BCUT2D eigenvalue weighted by Gasteiger charge is -2.08. The molecular weight excluding hydrogens is 314 g/mol. The first-order chi connectivity index (χ1) is 12.2. The molecule has 0 aliphatic heterocycles. The van der Waals surface area contributed by atoms with Crippen LogP contribution in [0.1, 0.15) is 27.2 Å². The number of aryl methyl sites for hydroxylation is 1. The first-order valence-corrected chi connectivity index (χ1v) is 8.01. The van der Waals surface area contributed by atoms with Gasteiger partial charge in [-0.25, -0.2) is 0 Å². The molecule has 1 amide bonds. The molecule has 0 saturated carbocycles. The summed E-state index contributed by atoms with van der Waals surface area (Å²) in [6.45, 7) is 3.11. The van der Waals surface area contributed by atoms with Crippen LogP contribution in [0.4, 0.5) is 5.82 Å². The lowest BCUT2D eigenvalue weighted by molar-refractivity contribution is 0.0945. The molecule has 2 aromatic heterocycles. The van der Waals surface area contributed by atoms with E-state index in [0.717, 1.165) is 16.7 Å². The Hall–Kier alpha value is -3.28. The van der Waals surface area contributed by atoms with Crippen LogP contribution in [0.15, 0.2) is 60.9 Å². The number of hydrogen-bond acceptors (Lipinski definition) is 5. The maximum atomic E-state index is 12.2. The summed E-state index contributed by atoms with van der Waals surface area (Å²) in [6, 6.07) is 15.2. The van der Waals surface area contributed by atoms with Crippen LogP contribution in [-0.2, 0) is 13.1 Å². The van der Waals surface area contributed by atoms with E-state index < -0.39 is 0 Å². The van der Waals surface area contributed by atoms with E-state index in [0.29, 0.717) is 24.6 Å². The second kappa shape index (κ2) is 8.01. The molecule has 0 fully saturated rings. The van der Waals surface area contributed by atoms with E-state index in [1.165, 1.54) is 0 Å². The van der Waals surface area contributed by atoms with Gasteiger partial charge >= 0.3 is 0 Å². The van der Waals surface area contributed by atoms with Crippen LogP contribution in [0.2, 0.25) is 0 Å². The van der Waals surface area contributed by atoms with Gasteiger partial charge in [0, 0.05) is 25.5 Å². The van der Waals surface area contributed by atoms with Crippen molar-refractivity contribution in [1.29, 1.82) is 0 Å². The van der Waals surface area contributed by atoms with Crippen LogP contribution < -0.4 is 10.6 Å². The third kappa shape index (κ3) is 4.60. The Labute approximate surface area is 146 Å². The predicted octanol–water partition coefficient (Wildman–Crippen LogP) is 2.72. The summed E-state index contributed by atoms with van der Waals surface area (Å²) >= 11 is 0. The largest absolute Gasteiger partial charge is 0.365 e. The lowest BCUT2D eigenvalue weighted by Crippen LogP contribution is -2.24. The van der Waals surface area contributed by atoms with Crippen molar-refractivity contribution in [3.63, 3.8) is 0 Å². The normalized spacial score (nSPS) is 10.3. The van der Waals surface area contributed by atoms with Gasteiger partial charge in [0.1, 0.15) is 5.82 Å². The maximum Gasteiger partial charge on any atom is 0.272 e. The zero-order chi connectivity index (χ0) is 17.5. The number of rotatable bonds is 6. The Morgan fingerprint density at radius 2 is 1.76 bits per heavy atom. The summed E-state index contributed by atoms with van der Waals surface area (Å²) in [5.41, 5.74) is 3.61. The molecule has 2 heterocycles. The SMILES string of the molecule is Cc1ccccc1CNC(=O)c1ccc(NCc2ccncc2)nn1. The molecule has 6 heteroatoms. The molecule has 3 aromatic rings. The number of carbonyl (C=O) groups excluding carboxylic acids is 1. The zero-order valence-corrected chi connectivity index (χ0v) is 13.9. The van der Waals surface area contributed by atoms with E-state index in [-0.39, 0.29) is 5.91 Å². The van der Waals surface area contributed by atoms with Gasteiger partial charge < -0.3 is 10.6 Å². The second-order valence-electron chi connectivity index (χ2n) is 5.62. The molecule has 0 aliphatic carbocycles. The van der Waals surface area contributed by atoms with E-state index in [9.17, 15) is 4.79 Å². The minimum Gasteiger partial charge on any atom is -0.365 e. The highest BCUT2D eigenvalue weighted by atomic mass is 16.1. The zero-order valence-electron chi connectivity index (χ0n) is 13.9. The van der Waals surface area contributed by atoms with E-state index in [1.54, 1.807) is 24.5 Å². The molecule has 2 N–H and O–H groups in total. The average Bonchev–Trinajstić information content (AvgIpc) is 2.67. The Kier molecular flexibility index (Phi) is 5.31. The Morgan fingerprint density at radius 3 is 2.48 bits per heavy atom. The first-order valence-electron chi connectivity index (χ1n) is 8.01. The van der Waals surface area contributed by atoms with Gasteiger partial charge in [-0.2, -0.15) is 0 Å². The summed E-state index contributed by atoms with van der Waals surface area (Å²) in [7, 11) is 0. The monoisotopic (exact) mass is 333 g/mol. The van der Waals surface area contributed by atoms with Crippen molar-refractivity contribution in [3.05, 3.63) is 83.3 Å². The van der Waals surface area contributed by atoms with Crippen LogP contribution in [-0.4, -0.2) is 21.1 Å². The van der Waals surface area contributed by atoms with Crippen molar-refractivity contribution >= 4 is 11.7 Å². The number of pyridine rings is 1. The highest BCUT2D eigenvalue weighted by Gasteiger charge is 2.08. The molecule has 0 unspecified atom stereocenters. The van der Waals surface area contributed by atoms with Crippen molar-refractivity contribution in [2.24, 2.45) is 0 Å². The Balaban J connectivity index is 1.54.